The third-order valence-corrected chi connectivity index (χ3v) is 4.64. The number of alkyl halides is 3. The molecule has 0 aliphatic carbocycles. The van der Waals surface area contributed by atoms with Crippen molar-refractivity contribution in [1.82, 2.24) is 10.6 Å². The van der Waals surface area contributed by atoms with E-state index >= 15 is 0 Å². The highest BCUT2D eigenvalue weighted by Gasteiger charge is 2.32. The lowest BCUT2D eigenvalue weighted by Gasteiger charge is -2.17. The van der Waals surface area contributed by atoms with Gasteiger partial charge < -0.3 is 21.1 Å². The van der Waals surface area contributed by atoms with E-state index in [0.717, 1.165) is 18.2 Å². The van der Waals surface area contributed by atoms with Crippen LogP contribution in [0.2, 0.25) is 0 Å². The van der Waals surface area contributed by atoms with Crippen LogP contribution in [0.5, 0.6) is 0 Å². The molecule has 3 rings (SSSR count). The predicted octanol–water partition coefficient (Wildman–Crippen LogP) is 3.67. The zero-order valence-electron chi connectivity index (χ0n) is 17.0. The normalized spacial score (nSPS) is 14.6. The molecule has 32 heavy (non-hydrogen) atoms. The summed E-state index contributed by atoms with van der Waals surface area (Å²) in [6, 6.07) is 9.31. The first kappa shape index (κ1) is 22.9. The number of aliphatic imine (C=N–C) groups is 1. The number of rotatable bonds is 6. The second-order valence-electron chi connectivity index (χ2n) is 7.12. The van der Waals surface area contributed by atoms with E-state index in [1.807, 2.05) is 0 Å². The van der Waals surface area contributed by atoms with Gasteiger partial charge in [-0.15, -0.1) is 0 Å². The number of nitrogens with one attached hydrogen (secondary N) is 3. The van der Waals surface area contributed by atoms with Crippen LogP contribution in [0.25, 0.3) is 6.08 Å². The molecule has 0 saturated heterocycles. The van der Waals surface area contributed by atoms with Crippen molar-refractivity contribution < 1.29 is 27.9 Å². The molecule has 0 bridgehead atoms. The van der Waals surface area contributed by atoms with E-state index in [1.54, 1.807) is 31.2 Å². The van der Waals surface area contributed by atoms with Crippen LogP contribution in [0, 0.1) is 0 Å². The number of anilines is 1. The molecule has 0 spiro atoms. The molecule has 2 aromatic carbocycles. The molecule has 168 valence electrons. The second kappa shape index (κ2) is 9.54. The summed E-state index contributed by atoms with van der Waals surface area (Å²) in [7, 11) is 0. The van der Waals surface area contributed by atoms with Gasteiger partial charge in [0.2, 0.25) is 0 Å². The average Bonchev–Trinajstić information content (AvgIpc) is 3.24. The van der Waals surface area contributed by atoms with E-state index in [0.29, 0.717) is 30.2 Å². The summed E-state index contributed by atoms with van der Waals surface area (Å²) in [6.07, 6.45) is -2.23. The second-order valence-corrected chi connectivity index (χ2v) is 7.12. The molecule has 1 aliphatic rings. The lowest BCUT2D eigenvalue weighted by atomic mass is 10.0. The van der Waals surface area contributed by atoms with Gasteiger partial charge in [-0.1, -0.05) is 18.2 Å². The van der Waals surface area contributed by atoms with Crippen molar-refractivity contribution in [3.8, 4) is 0 Å². The number of nitrogens with zero attached hydrogens (tertiary/aromatic N) is 1. The summed E-state index contributed by atoms with van der Waals surface area (Å²) in [5, 5.41) is 17.1. The maximum atomic E-state index is 13.4. The van der Waals surface area contributed by atoms with E-state index in [1.165, 1.54) is 12.1 Å². The number of guanidine groups is 1. The first-order chi connectivity index (χ1) is 15.1. The van der Waals surface area contributed by atoms with Gasteiger partial charge in [-0.05, 0) is 48.4 Å². The van der Waals surface area contributed by atoms with Crippen LogP contribution >= 0.6 is 0 Å². The Hall–Kier alpha value is -3.82. The highest BCUT2D eigenvalue weighted by atomic mass is 19.4. The molecule has 0 radical (unpaired) electrons. The number of carboxylic acid groups (broad SMARTS) is 1. The van der Waals surface area contributed by atoms with E-state index < -0.39 is 29.7 Å². The predicted molar refractivity (Wildman–Crippen MR) is 114 cm³/mol. The molecule has 2 aromatic rings. The van der Waals surface area contributed by atoms with Gasteiger partial charge in [-0.3, -0.25) is 9.79 Å². The zero-order chi connectivity index (χ0) is 23.3. The Kier molecular flexibility index (Phi) is 6.82. The largest absolute Gasteiger partial charge is 0.478 e. The number of hydrogen-bond acceptors (Lipinski definition) is 5. The summed E-state index contributed by atoms with van der Waals surface area (Å²) >= 11 is 0. The fourth-order valence-corrected chi connectivity index (χ4v) is 3.08. The lowest BCUT2D eigenvalue weighted by molar-refractivity contribution is -0.137. The highest BCUT2D eigenvalue weighted by molar-refractivity contribution is 5.99. The number of amides is 1. The summed E-state index contributed by atoms with van der Waals surface area (Å²) in [5.74, 6) is -1.43. The Morgan fingerprint density at radius 2 is 2.00 bits per heavy atom. The van der Waals surface area contributed by atoms with Gasteiger partial charge >= 0.3 is 12.1 Å². The highest BCUT2D eigenvalue weighted by Crippen LogP contribution is 2.32. The van der Waals surface area contributed by atoms with E-state index in [-0.39, 0.29) is 11.3 Å². The van der Waals surface area contributed by atoms with Crippen molar-refractivity contribution in [1.29, 1.82) is 0 Å². The summed E-state index contributed by atoms with van der Waals surface area (Å²) in [5.41, 5.74) is 0.253. The van der Waals surface area contributed by atoms with Crippen molar-refractivity contribution in [3.63, 3.8) is 0 Å². The molecule has 0 fully saturated rings. The monoisotopic (exact) mass is 446 g/mol. The number of benzene rings is 2. The van der Waals surface area contributed by atoms with E-state index in [9.17, 15) is 22.8 Å². The smallest absolute Gasteiger partial charge is 0.416 e. The minimum atomic E-state index is -4.63. The minimum absolute atomic E-state index is 0.0894. The summed E-state index contributed by atoms with van der Waals surface area (Å²) < 4.78 is 40.1. The Bertz CT molecular complexity index is 1080. The van der Waals surface area contributed by atoms with Crippen molar-refractivity contribution >= 4 is 29.6 Å². The third kappa shape index (κ3) is 6.10. The molecule has 1 unspecified atom stereocenters. The van der Waals surface area contributed by atoms with Gasteiger partial charge in [0.25, 0.3) is 5.91 Å². The molecule has 0 aromatic heterocycles. The number of aliphatic carboxylic acids is 1. The molecule has 4 N–H and O–H groups in total. The van der Waals surface area contributed by atoms with Crippen LogP contribution in [-0.4, -0.2) is 36.0 Å². The zero-order valence-corrected chi connectivity index (χ0v) is 17.0. The van der Waals surface area contributed by atoms with Gasteiger partial charge in [0.15, 0.2) is 5.96 Å². The van der Waals surface area contributed by atoms with Crippen molar-refractivity contribution in [2.45, 2.75) is 19.1 Å². The van der Waals surface area contributed by atoms with Crippen molar-refractivity contribution in [2.24, 2.45) is 4.99 Å². The van der Waals surface area contributed by atoms with Gasteiger partial charge in [-0.2, -0.15) is 13.2 Å². The summed E-state index contributed by atoms with van der Waals surface area (Å²) in [4.78, 5) is 27.5. The van der Waals surface area contributed by atoms with Gasteiger partial charge in [0.1, 0.15) is 0 Å². The Balaban J connectivity index is 1.81. The number of carboxylic acids is 1. The van der Waals surface area contributed by atoms with Crippen LogP contribution in [0.4, 0.5) is 18.9 Å². The van der Waals surface area contributed by atoms with E-state index in [2.05, 4.69) is 20.9 Å². The molecule has 1 amide bonds. The Labute approximate surface area is 182 Å². The van der Waals surface area contributed by atoms with Crippen LogP contribution < -0.4 is 16.0 Å². The van der Waals surface area contributed by atoms with Crippen molar-refractivity contribution in [3.05, 3.63) is 70.8 Å². The number of halogens is 3. The molecule has 1 atom stereocenters. The topological polar surface area (TPSA) is 103 Å². The lowest BCUT2D eigenvalue weighted by Crippen LogP contribution is -2.28. The fourth-order valence-electron chi connectivity index (χ4n) is 3.08. The van der Waals surface area contributed by atoms with Gasteiger partial charge in [0, 0.05) is 23.9 Å². The van der Waals surface area contributed by atoms with Crippen LogP contribution in [-0.2, 0) is 11.0 Å². The van der Waals surface area contributed by atoms with Crippen molar-refractivity contribution in [2.75, 3.05) is 18.4 Å². The summed E-state index contributed by atoms with van der Waals surface area (Å²) in [6.45, 7) is 2.77. The standard InChI is InChI=1S/C22H21F3N4O3/c1-13(15-4-2-3-14(9-15)5-6-19(30)31)28-20(32)16-10-17(22(23,24)25)12-18(11-16)29-21-26-7-8-27-21/h2-6,9-13H,7-8H2,1H3,(H,28,32)(H,30,31)(H2,26,27,29). The molecular formula is C22H21F3N4O3. The SMILES string of the molecule is CC(NC(=O)c1cc(NC2=NCCN2)cc(C(F)(F)F)c1)c1cccc(C=CC(=O)O)c1. The fraction of sp³-hybridized carbons (Fsp3) is 0.227. The number of hydrogen-bond donors (Lipinski definition) is 4. The quantitative estimate of drug-likeness (QED) is 0.507. The van der Waals surface area contributed by atoms with Gasteiger partial charge in [0.05, 0.1) is 18.2 Å². The Morgan fingerprint density at radius 3 is 2.66 bits per heavy atom. The van der Waals surface area contributed by atoms with E-state index in [4.69, 9.17) is 5.11 Å². The molecule has 1 heterocycles. The molecule has 7 nitrogen and oxygen atoms in total. The Morgan fingerprint density at radius 1 is 1.22 bits per heavy atom. The molecular weight excluding hydrogens is 425 g/mol. The maximum absolute atomic E-state index is 13.4. The van der Waals surface area contributed by atoms with Crippen LogP contribution in [0.3, 0.4) is 0 Å². The minimum Gasteiger partial charge on any atom is -0.478 e. The molecule has 1 aliphatic heterocycles. The maximum Gasteiger partial charge on any atom is 0.416 e. The van der Waals surface area contributed by atoms with Gasteiger partial charge in [-0.25, -0.2) is 4.79 Å². The van der Waals surface area contributed by atoms with Crippen LogP contribution in [0.15, 0.2) is 53.5 Å². The number of carbonyl (C=O) groups is 2. The molecule has 10 heteroatoms. The average molecular weight is 446 g/mol. The third-order valence-electron chi connectivity index (χ3n) is 4.64. The first-order valence-corrected chi connectivity index (χ1v) is 9.71. The first-order valence-electron chi connectivity index (χ1n) is 9.71. The molecule has 0 saturated carbocycles. The number of carbonyl (C=O) groups excluding carboxylic acids is 1. The van der Waals surface area contributed by atoms with Crippen LogP contribution in [0.1, 0.15) is 40.0 Å².